The highest BCUT2D eigenvalue weighted by Gasteiger charge is 2.34. The van der Waals surface area contributed by atoms with E-state index in [1.807, 2.05) is 0 Å². The molecule has 1 saturated heterocycles. The predicted octanol–water partition coefficient (Wildman–Crippen LogP) is 3.58. The van der Waals surface area contributed by atoms with Crippen LogP contribution in [-0.4, -0.2) is 65.9 Å². The van der Waals surface area contributed by atoms with Crippen LogP contribution in [0.4, 0.5) is 4.79 Å². The lowest BCUT2D eigenvalue weighted by molar-refractivity contribution is -0.164. The molecule has 1 aromatic rings. The lowest BCUT2D eigenvalue weighted by Crippen LogP contribution is -2.42. The van der Waals surface area contributed by atoms with Crippen LogP contribution in [0.5, 0.6) is 0 Å². The van der Waals surface area contributed by atoms with Crippen LogP contribution < -0.4 is 0 Å². The second-order valence-corrected chi connectivity index (χ2v) is 9.23. The molecule has 0 radical (unpaired) electrons. The Morgan fingerprint density at radius 2 is 1.56 bits per heavy atom. The van der Waals surface area contributed by atoms with Gasteiger partial charge in [0.2, 0.25) is 5.78 Å². The Labute approximate surface area is 199 Å². The van der Waals surface area contributed by atoms with E-state index >= 15 is 0 Å². The Morgan fingerprint density at radius 3 is 2.06 bits per heavy atom. The number of benzene rings is 1. The monoisotopic (exact) mass is 475 g/mol. The van der Waals surface area contributed by atoms with Crippen LogP contribution in [0.25, 0.3) is 0 Å². The largest absolute Gasteiger partial charge is 0.463 e. The molecule has 0 aliphatic carbocycles. The van der Waals surface area contributed by atoms with Crippen molar-refractivity contribution in [3.05, 3.63) is 35.4 Å². The number of Topliss-reactive ketones (excluding diaryl/α,β-unsaturated/α-hetero) is 2. The summed E-state index contributed by atoms with van der Waals surface area (Å²) >= 11 is 0. The number of piperidine rings is 1. The van der Waals surface area contributed by atoms with E-state index in [1.165, 1.54) is 31.2 Å². The van der Waals surface area contributed by atoms with Crippen LogP contribution in [-0.2, 0) is 23.8 Å². The first kappa shape index (κ1) is 27.0. The highest BCUT2D eigenvalue weighted by atomic mass is 16.6. The van der Waals surface area contributed by atoms with E-state index in [9.17, 15) is 24.0 Å². The fraction of sp³-hybridized carbons (Fsp3) is 0.560. The third-order valence-electron chi connectivity index (χ3n) is 5.29. The molecular weight excluding hydrogens is 442 g/mol. The van der Waals surface area contributed by atoms with Gasteiger partial charge < -0.3 is 19.1 Å². The molecule has 9 heteroatoms. The van der Waals surface area contributed by atoms with E-state index in [1.54, 1.807) is 32.6 Å². The maximum atomic E-state index is 12.9. The van der Waals surface area contributed by atoms with Crippen molar-refractivity contribution in [1.29, 1.82) is 0 Å². The molecule has 0 bridgehead atoms. The molecule has 1 aromatic carbocycles. The minimum atomic E-state index is -1.72. The fourth-order valence-corrected chi connectivity index (χ4v) is 3.51. The van der Waals surface area contributed by atoms with Crippen LogP contribution >= 0.6 is 0 Å². The number of nitrogens with zero attached hydrogens (tertiary/aromatic N) is 1. The Kier molecular flexibility index (Phi) is 9.35. The number of ketones is 2. The van der Waals surface area contributed by atoms with Crippen molar-refractivity contribution in [2.75, 3.05) is 19.7 Å². The molecule has 1 atom stereocenters. The van der Waals surface area contributed by atoms with Gasteiger partial charge in [0.25, 0.3) is 6.10 Å². The number of ether oxygens (including phenoxy) is 3. The Hall–Kier alpha value is -3.23. The molecule has 0 saturated carbocycles. The third-order valence-corrected chi connectivity index (χ3v) is 5.29. The summed E-state index contributed by atoms with van der Waals surface area (Å²) in [6.07, 6.45) is -0.971. The number of likely N-dealkylation sites (tertiary alicyclic amines) is 1. The summed E-state index contributed by atoms with van der Waals surface area (Å²) in [5.74, 6) is -2.58. The molecule has 186 valence electrons. The molecule has 0 N–H and O–H groups in total. The van der Waals surface area contributed by atoms with E-state index in [4.69, 9.17) is 14.2 Å². The number of amides is 1. The zero-order chi connectivity index (χ0) is 25.5. The normalized spacial score (nSPS) is 15.3. The van der Waals surface area contributed by atoms with E-state index in [2.05, 4.69) is 0 Å². The van der Waals surface area contributed by atoms with Crippen LogP contribution in [0, 0.1) is 5.92 Å². The maximum absolute atomic E-state index is 12.9. The van der Waals surface area contributed by atoms with Crippen molar-refractivity contribution >= 4 is 29.6 Å². The summed E-state index contributed by atoms with van der Waals surface area (Å²) in [6.45, 7) is 9.28. The minimum absolute atomic E-state index is 0.00855. The van der Waals surface area contributed by atoms with E-state index < -0.39 is 35.5 Å². The number of rotatable bonds is 8. The summed E-state index contributed by atoms with van der Waals surface area (Å²) in [4.78, 5) is 63.1. The first-order chi connectivity index (χ1) is 15.9. The lowest BCUT2D eigenvalue weighted by atomic mass is 9.94. The van der Waals surface area contributed by atoms with Crippen molar-refractivity contribution in [2.45, 2.75) is 65.6 Å². The van der Waals surface area contributed by atoms with Gasteiger partial charge in [0.05, 0.1) is 6.61 Å². The first-order valence-electron chi connectivity index (χ1n) is 11.4. The van der Waals surface area contributed by atoms with Gasteiger partial charge in [0, 0.05) is 30.6 Å². The number of hydrogen-bond donors (Lipinski definition) is 0. The van der Waals surface area contributed by atoms with E-state index in [-0.39, 0.29) is 30.3 Å². The second-order valence-electron chi connectivity index (χ2n) is 9.23. The van der Waals surface area contributed by atoms with Gasteiger partial charge in [-0.3, -0.25) is 14.4 Å². The molecule has 0 aromatic heterocycles. The Morgan fingerprint density at radius 1 is 1.00 bits per heavy atom. The average molecular weight is 476 g/mol. The average Bonchev–Trinajstić information content (AvgIpc) is 2.76. The van der Waals surface area contributed by atoms with Crippen molar-refractivity contribution in [1.82, 2.24) is 4.90 Å². The summed E-state index contributed by atoms with van der Waals surface area (Å²) in [7, 11) is 0. The van der Waals surface area contributed by atoms with Crippen molar-refractivity contribution in [3.63, 3.8) is 0 Å². The van der Waals surface area contributed by atoms with Crippen molar-refractivity contribution < 1.29 is 38.2 Å². The minimum Gasteiger partial charge on any atom is -0.463 e. The molecule has 2 rings (SSSR count). The van der Waals surface area contributed by atoms with Crippen molar-refractivity contribution in [3.8, 4) is 0 Å². The van der Waals surface area contributed by atoms with Gasteiger partial charge in [-0.25, -0.2) is 9.59 Å². The molecule has 1 fully saturated rings. The van der Waals surface area contributed by atoms with Gasteiger partial charge >= 0.3 is 18.0 Å². The number of carbonyl (C=O) groups excluding carboxylic acids is 5. The molecule has 1 aliphatic rings. The highest BCUT2D eigenvalue weighted by molar-refractivity contribution is 6.12. The standard InChI is InChI=1S/C25H33NO8/c1-6-32-23(30)22(21(29)19-9-7-18(8-10-19)16(2)27)33-20(28)15-17-11-13-26(14-12-17)24(31)34-25(3,4)5/h7-10,17,22H,6,11-15H2,1-5H3. The van der Waals surface area contributed by atoms with Crippen molar-refractivity contribution in [2.24, 2.45) is 5.92 Å². The highest BCUT2D eigenvalue weighted by Crippen LogP contribution is 2.23. The summed E-state index contributed by atoms with van der Waals surface area (Å²) in [5, 5.41) is 0. The zero-order valence-electron chi connectivity index (χ0n) is 20.4. The van der Waals surface area contributed by atoms with Crippen LogP contribution in [0.3, 0.4) is 0 Å². The molecule has 1 heterocycles. The number of carbonyl (C=O) groups is 5. The van der Waals surface area contributed by atoms with Gasteiger partial charge in [-0.15, -0.1) is 0 Å². The van der Waals surface area contributed by atoms with Gasteiger partial charge in [-0.2, -0.15) is 0 Å². The third kappa shape index (κ3) is 7.97. The Balaban J connectivity index is 1.98. The van der Waals surface area contributed by atoms with Crippen LogP contribution in [0.15, 0.2) is 24.3 Å². The smallest absolute Gasteiger partial charge is 0.410 e. The molecule has 34 heavy (non-hydrogen) atoms. The van der Waals surface area contributed by atoms with Crippen LogP contribution in [0.1, 0.15) is 74.6 Å². The van der Waals surface area contributed by atoms with Gasteiger partial charge in [-0.1, -0.05) is 24.3 Å². The Bertz CT molecular complexity index is 908. The summed E-state index contributed by atoms with van der Waals surface area (Å²) in [5.41, 5.74) is -0.0424. The molecule has 1 amide bonds. The topological polar surface area (TPSA) is 116 Å². The fourth-order valence-electron chi connectivity index (χ4n) is 3.51. The van der Waals surface area contributed by atoms with E-state index in [0.717, 1.165) is 0 Å². The predicted molar refractivity (Wildman–Crippen MR) is 122 cm³/mol. The van der Waals surface area contributed by atoms with Gasteiger partial charge in [-0.05, 0) is 53.4 Å². The molecule has 1 unspecified atom stereocenters. The number of esters is 2. The quantitative estimate of drug-likeness (QED) is 0.242. The number of hydrogen-bond acceptors (Lipinski definition) is 8. The molecule has 9 nitrogen and oxygen atoms in total. The lowest BCUT2D eigenvalue weighted by Gasteiger charge is -2.33. The second kappa shape index (κ2) is 11.8. The van der Waals surface area contributed by atoms with Gasteiger partial charge in [0.1, 0.15) is 5.60 Å². The SMILES string of the molecule is CCOC(=O)C(OC(=O)CC1CCN(C(=O)OC(C)(C)C)CC1)C(=O)c1ccc(C(C)=O)cc1. The van der Waals surface area contributed by atoms with Crippen LogP contribution in [0.2, 0.25) is 0 Å². The molecule has 1 aliphatic heterocycles. The molecular formula is C25H33NO8. The zero-order valence-corrected chi connectivity index (χ0v) is 20.4. The van der Waals surface area contributed by atoms with E-state index in [0.29, 0.717) is 31.5 Å². The first-order valence-corrected chi connectivity index (χ1v) is 11.4. The summed E-state index contributed by atoms with van der Waals surface area (Å²) < 4.78 is 15.6. The van der Waals surface area contributed by atoms with Gasteiger partial charge in [0.15, 0.2) is 5.78 Å². The maximum Gasteiger partial charge on any atom is 0.410 e. The summed E-state index contributed by atoms with van der Waals surface area (Å²) in [6, 6.07) is 5.76. The molecule has 0 spiro atoms.